The number of ether oxygens (including phenoxy) is 2. The first-order valence-corrected chi connectivity index (χ1v) is 6.83. The molecule has 0 saturated heterocycles. The predicted octanol–water partition coefficient (Wildman–Crippen LogP) is 3.89. The summed E-state index contributed by atoms with van der Waals surface area (Å²) in [6.45, 7) is 4.02. The Morgan fingerprint density at radius 3 is 2.24 bits per heavy atom. The number of methoxy groups -OCH3 is 2. The van der Waals surface area contributed by atoms with E-state index in [0.29, 0.717) is 0 Å². The Balaban J connectivity index is 2.23. The highest BCUT2D eigenvalue weighted by Crippen LogP contribution is 2.31. The first kappa shape index (κ1) is 15.0. The second kappa shape index (κ2) is 6.39. The molecule has 2 N–H and O–H groups in total. The number of rotatable bonds is 5. The monoisotopic (exact) mass is 287 g/mol. The first-order valence-electron chi connectivity index (χ1n) is 6.83. The fourth-order valence-corrected chi connectivity index (χ4v) is 2.24. The molecule has 0 saturated carbocycles. The Hall–Kier alpha value is -2.36. The number of aromatic hydroxyl groups is 1. The maximum Gasteiger partial charge on any atom is 0.121 e. The molecule has 0 radical (unpaired) electrons. The number of nitrogens with one attached hydrogen (secondary N) is 1. The number of anilines is 1. The van der Waals surface area contributed by atoms with Crippen molar-refractivity contribution in [2.24, 2.45) is 0 Å². The Morgan fingerprint density at radius 2 is 1.62 bits per heavy atom. The normalized spacial score (nSPS) is 11.8. The highest BCUT2D eigenvalue weighted by atomic mass is 16.5. The van der Waals surface area contributed by atoms with Crippen LogP contribution >= 0.6 is 0 Å². The molecule has 2 aromatic rings. The summed E-state index contributed by atoms with van der Waals surface area (Å²) in [5.74, 6) is 1.81. The third kappa shape index (κ3) is 3.40. The molecule has 0 aliphatic rings. The Bertz CT molecular complexity index is 625. The van der Waals surface area contributed by atoms with E-state index in [0.717, 1.165) is 28.3 Å². The minimum atomic E-state index is -0.0489. The molecule has 0 aliphatic heterocycles. The van der Waals surface area contributed by atoms with E-state index in [2.05, 4.69) is 5.32 Å². The van der Waals surface area contributed by atoms with Crippen LogP contribution < -0.4 is 14.8 Å². The van der Waals surface area contributed by atoms with Gasteiger partial charge in [-0.3, -0.25) is 0 Å². The van der Waals surface area contributed by atoms with Crippen molar-refractivity contribution in [3.8, 4) is 17.2 Å². The van der Waals surface area contributed by atoms with Crippen molar-refractivity contribution in [1.82, 2.24) is 0 Å². The minimum absolute atomic E-state index is 0.0489. The maximum atomic E-state index is 10.0. The molecule has 0 aliphatic carbocycles. The van der Waals surface area contributed by atoms with Crippen molar-refractivity contribution in [3.63, 3.8) is 0 Å². The van der Waals surface area contributed by atoms with Gasteiger partial charge in [0.2, 0.25) is 0 Å². The Kier molecular flexibility index (Phi) is 4.58. The lowest BCUT2D eigenvalue weighted by atomic mass is 10.1. The molecule has 0 heterocycles. The number of phenolic OH excluding ortho intramolecular Hbond substituents is 1. The van der Waals surface area contributed by atoms with Crippen LogP contribution in [-0.2, 0) is 0 Å². The van der Waals surface area contributed by atoms with Gasteiger partial charge in [0.25, 0.3) is 0 Å². The van der Waals surface area contributed by atoms with Crippen molar-refractivity contribution in [2.45, 2.75) is 19.9 Å². The van der Waals surface area contributed by atoms with Gasteiger partial charge in [-0.2, -0.15) is 0 Å². The molecule has 4 heteroatoms. The van der Waals surface area contributed by atoms with Gasteiger partial charge in [-0.1, -0.05) is 0 Å². The zero-order chi connectivity index (χ0) is 15.4. The van der Waals surface area contributed by atoms with E-state index < -0.39 is 0 Å². The summed E-state index contributed by atoms with van der Waals surface area (Å²) in [5, 5.41) is 13.4. The molecule has 0 fully saturated rings. The molecule has 4 nitrogen and oxygen atoms in total. The SMILES string of the molecule is COc1ccc(NC(C)c2cc(OC)ccc2O)c(C)c1. The largest absolute Gasteiger partial charge is 0.508 e. The van der Waals surface area contributed by atoms with E-state index in [4.69, 9.17) is 9.47 Å². The average Bonchev–Trinajstić information content (AvgIpc) is 2.49. The van der Waals surface area contributed by atoms with Crippen LogP contribution in [0.25, 0.3) is 0 Å². The van der Waals surface area contributed by atoms with E-state index >= 15 is 0 Å². The summed E-state index contributed by atoms with van der Waals surface area (Å²) >= 11 is 0. The number of benzene rings is 2. The smallest absolute Gasteiger partial charge is 0.121 e. The summed E-state index contributed by atoms with van der Waals surface area (Å²) in [7, 11) is 3.26. The van der Waals surface area contributed by atoms with Crippen LogP contribution in [0.4, 0.5) is 5.69 Å². The van der Waals surface area contributed by atoms with E-state index in [1.807, 2.05) is 38.1 Å². The number of aryl methyl sites for hydroxylation is 1. The molecule has 2 aromatic carbocycles. The van der Waals surface area contributed by atoms with Gasteiger partial charge in [-0.15, -0.1) is 0 Å². The highest BCUT2D eigenvalue weighted by Gasteiger charge is 2.12. The Morgan fingerprint density at radius 1 is 1.00 bits per heavy atom. The van der Waals surface area contributed by atoms with E-state index in [9.17, 15) is 5.11 Å². The lowest BCUT2D eigenvalue weighted by Gasteiger charge is -2.19. The van der Waals surface area contributed by atoms with Crippen molar-refractivity contribution in [3.05, 3.63) is 47.5 Å². The molecule has 1 atom stereocenters. The third-order valence-corrected chi connectivity index (χ3v) is 3.51. The van der Waals surface area contributed by atoms with Crippen LogP contribution in [0.5, 0.6) is 17.2 Å². The van der Waals surface area contributed by atoms with Crippen LogP contribution in [0.2, 0.25) is 0 Å². The zero-order valence-corrected chi connectivity index (χ0v) is 12.8. The molecule has 112 valence electrons. The number of hydrogen-bond donors (Lipinski definition) is 2. The number of phenols is 1. The lowest BCUT2D eigenvalue weighted by Crippen LogP contribution is -2.08. The van der Waals surface area contributed by atoms with Crippen molar-refractivity contribution in [2.75, 3.05) is 19.5 Å². The standard InChI is InChI=1S/C17H21NO3/c1-11-9-13(20-3)5-7-16(11)18-12(2)15-10-14(21-4)6-8-17(15)19/h5-10,12,18-19H,1-4H3. The van der Waals surface area contributed by atoms with Gasteiger partial charge in [-0.25, -0.2) is 0 Å². The molecule has 0 aromatic heterocycles. The molecule has 2 rings (SSSR count). The van der Waals surface area contributed by atoms with Gasteiger partial charge in [0.15, 0.2) is 0 Å². The van der Waals surface area contributed by atoms with Gasteiger partial charge >= 0.3 is 0 Å². The molecular formula is C17H21NO3. The van der Waals surface area contributed by atoms with Crippen LogP contribution in [0.1, 0.15) is 24.1 Å². The summed E-state index contributed by atoms with van der Waals surface area (Å²) < 4.78 is 10.4. The maximum absolute atomic E-state index is 10.0. The van der Waals surface area contributed by atoms with Gasteiger partial charge in [-0.05, 0) is 55.8 Å². The molecule has 21 heavy (non-hydrogen) atoms. The highest BCUT2D eigenvalue weighted by molar-refractivity contribution is 5.56. The quantitative estimate of drug-likeness (QED) is 0.876. The van der Waals surface area contributed by atoms with Crippen molar-refractivity contribution < 1.29 is 14.6 Å². The molecule has 0 spiro atoms. The van der Waals surface area contributed by atoms with E-state index in [1.165, 1.54) is 0 Å². The van der Waals surface area contributed by atoms with Crippen LogP contribution in [0.3, 0.4) is 0 Å². The second-order valence-corrected chi connectivity index (χ2v) is 4.97. The predicted molar refractivity (Wildman–Crippen MR) is 84.4 cm³/mol. The molecular weight excluding hydrogens is 266 g/mol. The van der Waals surface area contributed by atoms with Crippen LogP contribution in [0.15, 0.2) is 36.4 Å². The molecule has 1 unspecified atom stereocenters. The van der Waals surface area contributed by atoms with Gasteiger partial charge in [0, 0.05) is 11.3 Å². The van der Waals surface area contributed by atoms with Crippen LogP contribution in [0, 0.1) is 6.92 Å². The van der Waals surface area contributed by atoms with Crippen molar-refractivity contribution in [1.29, 1.82) is 0 Å². The number of hydrogen-bond acceptors (Lipinski definition) is 4. The summed E-state index contributed by atoms with van der Waals surface area (Å²) in [6.07, 6.45) is 0. The lowest BCUT2D eigenvalue weighted by molar-refractivity contribution is 0.410. The second-order valence-electron chi connectivity index (χ2n) is 4.97. The zero-order valence-electron chi connectivity index (χ0n) is 12.8. The minimum Gasteiger partial charge on any atom is -0.508 e. The van der Waals surface area contributed by atoms with Gasteiger partial charge in [0.1, 0.15) is 17.2 Å². The summed E-state index contributed by atoms with van der Waals surface area (Å²) in [6, 6.07) is 11.0. The molecule has 0 bridgehead atoms. The summed E-state index contributed by atoms with van der Waals surface area (Å²) in [4.78, 5) is 0. The fourth-order valence-electron chi connectivity index (χ4n) is 2.24. The van der Waals surface area contributed by atoms with Gasteiger partial charge < -0.3 is 19.9 Å². The Labute approximate surface area is 125 Å². The third-order valence-electron chi connectivity index (χ3n) is 3.51. The molecule has 0 amide bonds. The van der Waals surface area contributed by atoms with Gasteiger partial charge in [0.05, 0.1) is 20.3 Å². The summed E-state index contributed by atoms with van der Waals surface area (Å²) in [5.41, 5.74) is 2.89. The van der Waals surface area contributed by atoms with E-state index in [1.54, 1.807) is 26.4 Å². The van der Waals surface area contributed by atoms with Crippen LogP contribution in [-0.4, -0.2) is 19.3 Å². The first-order chi connectivity index (χ1) is 10.0. The average molecular weight is 287 g/mol. The fraction of sp³-hybridized carbons (Fsp3) is 0.294. The topological polar surface area (TPSA) is 50.7 Å². The van der Waals surface area contributed by atoms with Crippen molar-refractivity contribution >= 4 is 5.69 Å². The van der Waals surface area contributed by atoms with E-state index in [-0.39, 0.29) is 11.8 Å².